The van der Waals surface area contributed by atoms with E-state index in [0.717, 1.165) is 19.3 Å². The van der Waals surface area contributed by atoms with Crippen LogP contribution in [0.3, 0.4) is 0 Å². The lowest BCUT2D eigenvalue weighted by atomic mass is 10.1. The fraction of sp³-hybridized carbons (Fsp3) is 0.529. The second-order valence-electron chi connectivity index (χ2n) is 6.57. The number of hydrogen-bond acceptors (Lipinski definition) is 3. The van der Waals surface area contributed by atoms with E-state index >= 15 is 0 Å². The minimum Gasteiger partial charge on any atom is -0.458 e. The Hall–Kier alpha value is -1.84. The number of benzene rings is 1. The van der Waals surface area contributed by atoms with Gasteiger partial charge in [0.05, 0.1) is 0 Å². The minimum absolute atomic E-state index is 0.233. The number of rotatable bonds is 3. The van der Waals surface area contributed by atoms with E-state index in [1.54, 1.807) is 27.7 Å². The molecule has 2 rings (SSSR count). The summed E-state index contributed by atoms with van der Waals surface area (Å²) in [7, 11) is 0. The molecular formula is C17H23NO3. The molecule has 1 aliphatic carbocycles. The number of carbonyl (C=O) groups excluding carboxylic acids is 2. The highest BCUT2D eigenvalue weighted by Gasteiger charge is 2.23. The van der Waals surface area contributed by atoms with Crippen LogP contribution in [0, 0.1) is 0 Å². The molecule has 4 heteroatoms. The van der Waals surface area contributed by atoms with Gasteiger partial charge in [0, 0.05) is 5.56 Å². The summed E-state index contributed by atoms with van der Waals surface area (Å²) < 4.78 is 5.26. The van der Waals surface area contributed by atoms with Crippen molar-refractivity contribution < 1.29 is 14.3 Å². The van der Waals surface area contributed by atoms with Crippen LogP contribution in [-0.4, -0.2) is 23.5 Å². The van der Waals surface area contributed by atoms with Crippen LogP contribution in [0.4, 0.5) is 0 Å². The molecule has 0 aromatic heterocycles. The third-order valence-electron chi connectivity index (χ3n) is 3.47. The van der Waals surface area contributed by atoms with E-state index in [0.29, 0.717) is 5.56 Å². The van der Waals surface area contributed by atoms with Gasteiger partial charge in [0.1, 0.15) is 11.6 Å². The third-order valence-corrected chi connectivity index (χ3v) is 3.47. The first kappa shape index (κ1) is 15.5. The van der Waals surface area contributed by atoms with Gasteiger partial charge in [-0.15, -0.1) is 0 Å². The van der Waals surface area contributed by atoms with Crippen LogP contribution in [-0.2, 0) is 22.4 Å². The molecule has 0 unspecified atom stereocenters. The maximum absolute atomic E-state index is 12.2. The molecule has 1 aromatic rings. The summed E-state index contributed by atoms with van der Waals surface area (Å²) in [6.45, 7) is 7.05. The van der Waals surface area contributed by atoms with Gasteiger partial charge < -0.3 is 10.1 Å². The summed E-state index contributed by atoms with van der Waals surface area (Å²) in [6, 6.07) is 5.10. The van der Waals surface area contributed by atoms with E-state index in [1.165, 1.54) is 11.1 Å². The van der Waals surface area contributed by atoms with E-state index in [-0.39, 0.29) is 5.91 Å². The molecule has 0 saturated heterocycles. The van der Waals surface area contributed by atoms with E-state index < -0.39 is 17.6 Å². The molecule has 1 amide bonds. The number of nitrogens with one attached hydrogen (secondary N) is 1. The zero-order valence-electron chi connectivity index (χ0n) is 13.2. The second kappa shape index (κ2) is 5.88. The zero-order chi connectivity index (χ0) is 15.6. The number of esters is 1. The van der Waals surface area contributed by atoms with Crippen molar-refractivity contribution in [3.05, 3.63) is 34.9 Å². The number of carbonyl (C=O) groups is 2. The minimum atomic E-state index is -0.662. The summed E-state index contributed by atoms with van der Waals surface area (Å²) in [4.78, 5) is 24.1. The number of amides is 1. The Morgan fingerprint density at radius 2 is 1.86 bits per heavy atom. The van der Waals surface area contributed by atoms with Gasteiger partial charge in [-0.25, -0.2) is 4.79 Å². The molecule has 21 heavy (non-hydrogen) atoms. The zero-order valence-corrected chi connectivity index (χ0v) is 13.2. The molecule has 1 aromatic carbocycles. The van der Waals surface area contributed by atoms with Gasteiger partial charge in [-0.1, -0.05) is 6.07 Å². The summed E-state index contributed by atoms with van der Waals surface area (Å²) in [5.74, 6) is -0.653. The smallest absolute Gasteiger partial charge is 0.328 e. The fourth-order valence-corrected chi connectivity index (χ4v) is 2.44. The highest BCUT2D eigenvalue weighted by Crippen LogP contribution is 2.22. The normalized spacial score (nSPS) is 15.2. The number of fused-ring (bicyclic) bond motifs is 1. The van der Waals surface area contributed by atoms with Crippen LogP contribution in [0.5, 0.6) is 0 Å². The molecule has 1 N–H and O–H groups in total. The summed E-state index contributed by atoms with van der Waals surface area (Å²) >= 11 is 0. The van der Waals surface area contributed by atoms with E-state index in [4.69, 9.17) is 4.74 Å². The molecule has 0 spiro atoms. The molecule has 1 aliphatic rings. The third kappa shape index (κ3) is 4.06. The SMILES string of the molecule is C[C@@H](NC(=O)c1ccc2c(c1)CCC2)C(=O)OC(C)(C)C. The van der Waals surface area contributed by atoms with Crippen molar-refractivity contribution in [3.8, 4) is 0 Å². The standard InChI is InChI=1S/C17H23NO3/c1-11(16(20)21-17(2,3)4)18-15(19)14-9-8-12-6-5-7-13(12)10-14/h8-11H,5-7H2,1-4H3,(H,18,19)/t11-/m1/s1. The Kier molecular flexibility index (Phi) is 4.35. The van der Waals surface area contributed by atoms with Crippen LogP contribution < -0.4 is 5.32 Å². The van der Waals surface area contributed by atoms with Crippen LogP contribution in [0.1, 0.15) is 55.6 Å². The Balaban J connectivity index is 1.99. The molecule has 0 radical (unpaired) electrons. The average molecular weight is 289 g/mol. The van der Waals surface area contributed by atoms with Crippen LogP contribution in [0.25, 0.3) is 0 Å². The highest BCUT2D eigenvalue weighted by atomic mass is 16.6. The first-order chi connectivity index (χ1) is 9.76. The van der Waals surface area contributed by atoms with Gasteiger partial charge in [-0.3, -0.25) is 4.79 Å². The van der Waals surface area contributed by atoms with Gasteiger partial charge in [0.2, 0.25) is 0 Å². The molecular weight excluding hydrogens is 266 g/mol. The van der Waals surface area contributed by atoms with Gasteiger partial charge in [0.25, 0.3) is 5.91 Å². The molecule has 0 saturated carbocycles. The Morgan fingerprint density at radius 1 is 1.19 bits per heavy atom. The number of hydrogen-bond donors (Lipinski definition) is 1. The van der Waals surface area contributed by atoms with Crippen molar-refractivity contribution in [1.82, 2.24) is 5.32 Å². The van der Waals surface area contributed by atoms with Gasteiger partial charge in [-0.05, 0) is 70.2 Å². The monoisotopic (exact) mass is 289 g/mol. The summed E-state index contributed by atoms with van der Waals surface area (Å²) in [6.07, 6.45) is 3.26. The Labute approximate surface area is 125 Å². The van der Waals surface area contributed by atoms with Gasteiger partial charge in [-0.2, -0.15) is 0 Å². The van der Waals surface area contributed by atoms with E-state index in [1.807, 2.05) is 18.2 Å². The van der Waals surface area contributed by atoms with Gasteiger partial charge >= 0.3 is 5.97 Å². The molecule has 114 valence electrons. The maximum Gasteiger partial charge on any atom is 0.328 e. The quantitative estimate of drug-likeness (QED) is 0.870. The van der Waals surface area contributed by atoms with Crippen molar-refractivity contribution >= 4 is 11.9 Å². The largest absolute Gasteiger partial charge is 0.458 e. The van der Waals surface area contributed by atoms with Crippen molar-refractivity contribution in [3.63, 3.8) is 0 Å². The van der Waals surface area contributed by atoms with Crippen LogP contribution in [0.2, 0.25) is 0 Å². The number of ether oxygens (including phenoxy) is 1. The number of aryl methyl sites for hydroxylation is 2. The second-order valence-corrected chi connectivity index (χ2v) is 6.57. The average Bonchev–Trinajstić information content (AvgIpc) is 2.83. The van der Waals surface area contributed by atoms with E-state index in [2.05, 4.69) is 5.32 Å². The lowest BCUT2D eigenvalue weighted by Crippen LogP contribution is -2.42. The maximum atomic E-state index is 12.2. The first-order valence-electron chi connectivity index (χ1n) is 7.42. The Bertz CT molecular complexity index is 558. The van der Waals surface area contributed by atoms with Crippen molar-refractivity contribution in [2.24, 2.45) is 0 Å². The lowest BCUT2D eigenvalue weighted by Gasteiger charge is -2.22. The summed E-state index contributed by atoms with van der Waals surface area (Å²) in [5.41, 5.74) is 2.62. The van der Waals surface area contributed by atoms with E-state index in [9.17, 15) is 9.59 Å². The van der Waals surface area contributed by atoms with Crippen molar-refractivity contribution in [2.75, 3.05) is 0 Å². The lowest BCUT2D eigenvalue weighted by molar-refractivity contribution is -0.156. The van der Waals surface area contributed by atoms with Crippen LogP contribution in [0.15, 0.2) is 18.2 Å². The molecule has 0 aliphatic heterocycles. The predicted molar refractivity (Wildman–Crippen MR) is 81.2 cm³/mol. The molecule has 0 fully saturated rings. The molecule has 4 nitrogen and oxygen atoms in total. The van der Waals surface area contributed by atoms with Gasteiger partial charge in [0.15, 0.2) is 0 Å². The predicted octanol–water partition coefficient (Wildman–Crippen LogP) is 2.64. The van der Waals surface area contributed by atoms with Crippen molar-refractivity contribution in [2.45, 2.75) is 58.6 Å². The van der Waals surface area contributed by atoms with Crippen molar-refractivity contribution in [1.29, 1.82) is 0 Å². The highest BCUT2D eigenvalue weighted by molar-refractivity contribution is 5.97. The Morgan fingerprint density at radius 3 is 2.52 bits per heavy atom. The topological polar surface area (TPSA) is 55.4 Å². The molecule has 0 bridgehead atoms. The fourth-order valence-electron chi connectivity index (χ4n) is 2.44. The molecule has 1 atom stereocenters. The molecule has 0 heterocycles. The summed E-state index contributed by atoms with van der Waals surface area (Å²) in [5, 5.41) is 2.70. The van der Waals surface area contributed by atoms with Crippen LogP contribution >= 0.6 is 0 Å². The first-order valence-corrected chi connectivity index (χ1v) is 7.42.